The topological polar surface area (TPSA) is 98.5 Å². The van der Waals surface area contributed by atoms with Crippen molar-refractivity contribution in [2.75, 3.05) is 19.4 Å². The molecular formula is C10H13BrN2O4S. The summed E-state index contributed by atoms with van der Waals surface area (Å²) in [5.74, 6) is -0.321. The van der Waals surface area contributed by atoms with Gasteiger partial charge in [0.2, 0.25) is 10.0 Å². The van der Waals surface area contributed by atoms with E-state index in [1.54, 1.807) is 18.2 Å². The van der Waals surface area contributed by atoms with Crippen LogP contribution < -0.4 is 15.2 Å². The number of sulfonamides is 1. The SMILES string of the molecule is COc1cc(Br)ccc1C(=O)NCCS(N)(=O)=O. The van der Waals surface area contributed by atoms with Gasteiger partial charge in [-0.3, -0.25) is 4.79 Å². The van der Waals surface area contributed by atoms with E-state index in [-0.39, 0.29) is 12.3 Å². The molecule has 6 nitrogen and oxygen atoms in total. The Morgan fingerprint density at radius 1 is 1.50 bits per heavy atom. The lowest BCUT2D eigenvalue weighted by atomic mass is 10.2. The highest BCUT2D eigenvalue weighted by Crippen LogP contribution is 2.23. The molecule has 0 radical (unpaired) electrons. The van der Waals surface area contributed by atoms with Crippen molar-refractivity contribution in [1.82, 2.24) is 5.32 Å². The summed E-state index contributed by atoms with van der Waals surface area (Å²) in [4.78, 5) is 11.8. The Hall–Kier alpha value is -1.12. The average molecular weight is 337 g/mol. The molecule has 18 heavy (non-hydrogen) atoms. The summed E-state index contributed by atoms with van der Waals surface area (Å²) in [6.45, 7) is -0.0448. The van der Waals surface area contributed by atoms with Crippen molar-refractivity contribution in [3.8, 4) is 5.75 Å². The molecule has 0 bridgehead atoms. The first-order valence-corrected chi connectivity index (χ1v) is 7.46. The Kier molecular flexibility index (Phi) is 5.12. The fourth-order valence-electron chi connectivity index (χ4n) is 1.25. The van der Waals surface area contributed by atoms with E-state index in [2.05, 4.69) is 21.2 Å². The summed E-state index contributed by atoms with van der Waals surface area (Å²) in [5, 5.41) is 7.28. The second kappa shape index (κ2) is 6.17. The van der Waals surface area contributed by atoms with E-state index in [1.807, 2.05) is 0 Å². The van der Waals surface area contributed by atoms with Gasteiger partial charge in [-0.25, -0.2) is 13.6 Å². The quantitative estimate of drug-likeness (QED) is 0.816. The molecule has 8 heteroatoms. The summed E-state index contributed by atoms with van der Waals surface area (Å²) < 4.78 is 27.3. The number of carbonyl (C=O) groups excluding carboxylic acids is 1. The highest BCUT2D eigenvalue weighted by atomic mass is 79.9. The maximum atomic E-state index is 11.8. The van der Waals surface area contributed by atoms with Crippen LogP contribution in [-0.2, 0) is 10.0 Å². The van der Waals surface area contributed by atoms with Crippen LogP contribution in [-0.4, -0.2) is 33.7 Å². The lowest BCUT2D eigenvalue weighted by Crippen LogP contribution is -2.31. The maximum Gasteiger partial charge on any atom is 0.255 e. The van der Waals surface area contributed by atoms with Crippen molar-refractivity contribution in [2.45, 2.75) is 0 Å². The molecule has 0 spiro atoms. The van der Waals surface area contributed by atoms with Gasteiger partial charge < -0.3 is 10.1 Å². The zero-order chi connectivity index (χ0) is 13.8. The number of hydrogen-bond acceptors (Lipinski definition) is 4. The van der Waals surface area contributed by atoms with Gasteiger partial charge in [0.25, 0.3) is 5.91 Å². The van der Waals surface area contributed by atoms with Crippen molar-refractivity contribution >= 4 is 31.9 Å². The van der Waals surface area contributed by atoms with E-state index < -0.39 is 15.9 Å². The summed E-state index contributed by atoms with van der Waals surface area (Å²) in [6, 6.07) is 4.92. The van der Waals surface area contributed by atoms with Gasteiger partial charge in [0.05, 0.1) is 18.4 Å². The van der Waals surface area contributed by atoms with Crippen LogP contribution in [0.3, 0.4) is 0 Å². The van der Waals surface area contributed by atoms with Crippen LogP contribution in [0.1, 0.15) is 10.4 Å². The molecule has 1 rings (SSSR count). The lowest BCUT2D eigenvalue weighted by Gasteiger charge is -2.09. The molecule has 1 aromatic rings. The number of benzene rings is 1. The minimum Gasteiger partial charge on any atom is -0.496 e. The van der Waals surface area contributed by atoms with Crippen LogP contribution >= 0.6 is 15.9 Å². The summed E-state index contributed by atoms with van der Waals surface area (Å²) >= 11 is 3.26. The van der Waals surface area contributed by atoms with Crippen molar-refractivity contribution in [3.05, 3.63) is 28.2 Å². The van der Waals surface area contributed by atoms with Gasteiger partial charge in [0.1, 0.15) is 5.75 Å². The highest BCUT2D eigenvalue weighted by Gasteiger charge is 2.13. The minimum atomic E-state index is -3.58. The molecule has 0 fully saturated rings. The van der Waals surface area contributed by atoms with Gasteiger partial charge in [0, 0.05) is 11.0 Å². The van der Waals surface area contributed by atoms with Gasteiger partial charge in [0.15, 0.2) is 0 Å². The molecule has 0 aromatic heterocycles. The van der Waals surface area contributed by atoms with Crippen LogP contribution in [0.15, 0.2) is 22.7 Å². The Morgan fingerprint density at radius 2 is 2.17 bits per heavy atom. The third kappa shape index (κ3) is 4.63. The van der Waals surface area contributed by atoms with E-state index in [9.17, 15) is 13.2 Å². The van der Waals surface area contributed by atoms with E-state index in [1.165, 1.54) is 7.11 Å². The van der Waals surface area contributed by atoms with Crippen molar-refractivity contribution in [2.24, 2.45) is 5.14 Å². The minimum absolute atomic E-state index is 0.0448. The fourth-order valence-corrected chi connectivity index (χ4v) is 1.98. The first kappa shape index (κ1) is 14.9. The van der Waals surface area contributed by atoms with E-state index >= 15 is 0 Å². The number of methoxy groups -OCH3 is 1. The smallest absolute Gasteiger partial charge is 0.255 e. The molecule has 0 heterocycles. The molecule has 1 amide bonds. The Morgan fingerprint density at radius 3 is 2.72 bits per heavy atom. The Bertz CT molecular complexity index is 545. The largest absolute Gasteiger partial charge is 0.496 e. The third-order valence-electron chi connectivity index (χ3n) is 2.08. The Balaban J connectivity index is 2.73. The number of hydrogen-bond donors (Lipinski definition) is 2. The van der Waals surface area contributed by atoms with Crippen LogP contribution in [0.25, 0.3) is 0 Å². The monoisotopic (exact) mass is 336 g/mol. The molecule has 0 aliphatic carbocycles. The highest BCUT2D eigenvalue weighted by molar-refractivity contribution is 9.10. The van der Waals surface area contributed by atoms with Crippen molar-refractivity contribution < 1.29 is 17.9 Å². The number of nitrogens with one attached hydrogen (secondary N) is 1. The van der Waals surface area contributed by atoms with Crippen LogP contribution in [0, 0.1) is 0 Å². The number of primary sulfonamides is 1. The molecule has 0 atom stereocenters. The first-order valence-electron chi connectivity index (χ1n) is 4.95. The maximum absolute atomic E-state index is 11.8. The van der Waals surface area contributed by atoms with Crippen LogP contribution in [0.4, 0.5) is 0 Å². The first-order chi connectivity index (χ1) is 8.33. The van der Waals surface area contributed by atoms with Gasteiger partial charge >= 0.3 is 0 Å². The number of amides is 1. The molecule has 0 aliphatic heterocycles. The second-order valence-electron chi connectivity index (χ2n) is 3.47. The predicted molar refractivity (Wildman–Crippen MR) is 71.0 cm³/mol. The van der Waals surface area contributed by atoms with Gasteiger partial charge in [-0.05, 0) is 18.2 Å². The zero-order valence-corrected chi connectivity index (χ0v) is 12.0. The summed E-state index contributed by atoms with van der Waals surface area (Å²) in [5.41, 5.74) is 0.329. The van der Waals surface area contributed by atoms with Gasteiger partial charge in [-0.2, -0.15) is 0 Å². The standard InChI is InChI=1S/C10H13BrN2O4S/c1-17-9-6-7(11)2-3-8(9)10(14)13-4-5-18(12,15)16/h2-3,6H,4-5H2,1H3,(H,13,14)(H2,12,15,16). The average Bonchev–Trinajstić information content (AvgIpc) is 2.26. The molecule has 0 aliphatic rings. The van der Waals surface area contributed by atoms with E-state index in [0.29, 0.717) is 11.3 Å². The normalized spacial score (nSPS) is 11.1. The van der Waals surface area contributed by atoms with Gasteiger partial charge in [-0.15, -0.1) is 0 Å². The number of nitrogens with two attached hydrogens (primary N) is 1. The van der Waals surface area contributed by atoms with E-state index in [4.69, 9.17) is 9.88 Å². The van der Waals surface area contributed by atoms with Crippen LogP contribution in [0.2, 0.25) is 0 Å². The zero-order valence-electron chi connectivity index (χ0n) is 9.64. The molecule has 0 unspecified atom stereocenters. The third-order valence-corrected chi connectivity index (χ3v) is 3.35. The molecular weight excluding hydrogens is 324 g/mol. The molecule has 0 saturated heterocycles. The molecule has 0 saturated carbocycles. The predicted octanol–water partition coefficient (Wildman–Crippen LogP) is 0.476. The number of rotatable bonds is 5. The summed E-state index contributed by atoms with van der Waals surface area (Å²) in [6.07, 6.45) is 0. The number of carbonyl (C=O) groups is 1. The number of halogens is 1. The molecule has 3 N–H and O–H groups in total. The van der Waals surface area contributed by atoms with Gasteiger partial charge in [-0.1, -0.05) is 15.9 Å². The van der Waals surface area contributed by atoms with Crippen molar-refractivity contribution in [3.63, 3.8) is 0 Å². The van der Waals surface area contributed by atoms with Crippen LogP contribution in [0.5, 0.6) is 5.75 Å². The van der Waals surface area contributed by atoms with Crippen molar-refractivity contribution in [1.29, 1.82) is 0 Å². The number of ether oxygens (including phenoxy) is 1. The second-order valence-corrected chi connectivity index (χ2v) is 6.12. The van der Waals surface area contributed by atoms with E-state index in [0.717, 1.165) is 4.47 Å². The Labute approximate surface area is 114 Å². The summed E-state index contributed by atoms with van der Waals surface area (Å²) in [7, 11) is -2.13. The fraction of sp³-hybridized carbons (Fsp3) is 0.300. The molecule has 1 aromatic carbocycles. The molecule has 100 valence electrons. The lowest BCUT2D eigenvalue weighted by molar-refractivity contribution is 0.0953.